The van der Waals surface area contributed by atoms with Crippen LogP contribution in [-0.2, 0) is 0 Å². The Morgan fingerprint density at radius 3 is 2.55 bits per heavy atom. The molecule has 0 radical (unpaired) electrons. The molecule has 2 aromatic rings. The molecular formula is C16H14BrN5O7. The summed E-state index contributed by atoms with van der Waals surface area (Å²) < 4.78 is 11.5. The van der Waals surface area contributed by atoms with Crippen LogP contribution in [0.3, 0.4) is 0 Å². The Labute approximate surface area is 171 Å². The minimum atomic E-state index is -0.837. The zero-order chi connectivity index (χ0) is 21.6. The number of primary amides is 1. The Kier molecular flexibility index (Phi) is 7.03. The molecule has 2 rings (SSSR count). The lowest BCUT2D eigenvalue weighted by molar-refractivity contribution is -0.394. The van der Waals surface area contributed by atoms with Crippen LogP contribution in [0.5, 0.6) is 17.2 Å². The van der Waals surface area contributed by atoms with Crippen molar-refractivity contribution < 1.29 is 24.1 Å². The van der Waals surface area contributed by atoms with Crippen molar-refractivity contribution in [2.45, 2.75) is 6.92 Å². The summed E-state index contributed by atoms with van der Waals surface area (Å²) in [5.41, 5.74) is 6.45. The summed E-state index contributed by atoms with van der Waals surface area (Å²) in [5.74, 6) is 0.123. The van der Waals surface area contributed by atoms with Gasteiger partial charge < -0.3 is 15.2 Å². The molecule has 13 heteroatoms. The topological polar surface area (TPSA) is 172 Å². The van der Waals surface area contributed by atoms with Crippen LogP contribution in [0.1, 0.15) is 12.5 Å². The van der Waals surface area contributed by atoms with Crippen LogP contribution in [0, 0.1) is 20.2 Å². The standard InChI is InChI=1S/C16H14BrN5O7/c1-2-28-14-6-9(8-19-20-16(18)23)5-11(17)15(14)29-13-4-3-10(21(24)25)7-12(13)22(26)27/h3-8H,2H2,1H3,(H3,18,20,23)/b19-8-. The van der Waals surface area contributed by atoms with Gasteiger partial charge in [-0.1, -0.05) is 0 Å². The molecule has 0 saturated heterocycles. The van der Waals surface area contributed by atoms with Crippen molar-refractivity contribution in [3.63, 3.8) is 0 Å². The first kappa shape index (κ1) is 21.6. The molecule has 0 atom stereocenters. The number of nitrogens with one attached hydrogen (secondary N) is 1. The first-order valence-corrected chi connectivity index (χ1v) is 8.67. The van der Waals surface area contributed by atoms with E-state index in [1.807, 2.05) is 5.43 Å². The monoisotopic (exact) mass is 467 g/mol. The van der Waals surface area contributed by atoms with Gasteiger partial charge in [0, 0.05) is 6.07 Å². The van der Waals surface area contributed by atoms with Crippen LogP contribution in [0.2, 0.25) is 0 Å². The lowest BCUT2D eigenvalue weighted by Crippen LogP contribution is -2.24. The summed E-state index contributed by atoms with van der Waals surface area (Å²) in [6.07, 6.45) is 1.30. The van der Waals surface area contributed by atoms with E-state index in [9.17, 15) is 25.0 Å². The second kappa shape index (κ2) is 9.45. The quantitative estimate of drug-likeness (QED) is 0.339. The Morgan fingerprint density at radius 2 is 1.97 bits per heavy atom. The van der Waals surface area contributed by atoms with Crippen LogP contribution < -0.4 is 20.6 Å². The van der Waals surface area contributed by atoms with Gasteiger partial charge in [0.15, 0.2) is 11.5 Å². The van der Waals surface area contributed by atoms with Crippen LogP contribution in [0.15, 0.2) is 39.9 Å². The minimum Gasteiger partial charge on any atom is -0.490 e. The van der Waals surface area contributed by atoms with Crippen molar-refractivity contribution in [3.8, 4) is 17.2 Å². The van der Waals surface area contributed by atoms with Crippen molar-refractivity contribution >= 4 is 39.6 Å². The van der Waals surface area contributed by atoms with Gasteiger partial charge in [-0.05, 0) is 46.6 Å². The zero-order valence-electron chi connectivity index (χ0n) is 14.8. The maximum atomic E-state index is 11.3. The minimum absolute atomic E-state index is 0.115. The summed E-state index contributed by atoms with van der Waals surface area (Å²) in [7, 11) is 0. The highest BCUT2D eigenvalue weighted by atomic mass is 79.9. The van der Waals surface area contributed by atoms with Crippen LogP contribution in [0.4, 0.5) is 16.2 Å². The number of carbonyl (C=O) groups excluding carboxylic acids is 1. The lowest BCUT2D eigenvalue weighted by atomic mass is 10.2. The van der Waals surface area contributed by atoms with Gasteiger partial charge in [0.2, 0.25) is 5.75 Å². The van der Waals surface area contributed by atoms with Gasteiger partial charge in [0.25, 0.3) is 5.69 Å². The number of benzene rings is 2. The average molecular weight is 468 g/mol. The van der Waals surface area contributed by atoms with Crippen molar-refractivity contribution in [3.05, 3.63) is 60.6 Å². The van der Waals surface area contributed by atoms with E-state index in [1.165, 1.54) is 12.3 Å². The largest absolute Gasteiger partial charge is 0.490 e. The number of ether oxygens (including phenoxy) is 2. The summed E-state index contributed by atoms with van der Waals surface area (Å²) in [5, 5.41) is 25.8. The first-order valence-electron chi connectivity index (χ1n) is 7.88. The van der Waals surface area contributed by atoms with Gasteiger partial charge in [0.1, 0.15) is 0 Å². The van der Waals surface area contributed by atoms with E-state index in [-0.39, 0.29) is 23.9 Å². The van der Waals surface area contributed by atoms with Crippen molar-refractivity contribution in [1.29, 1.82) is 0 Å². The average Bonchev–Trinajstić information content (AvgIpc) is 2.64. The number of hydrogen-bond donors (Lipinski definition) is 2. The number of rotatable bonds is 8. The molecule has 3 N–H and O–H groups in total. The molecule has 2 aromatic carbocycles. The Hall–Kier alpha value is -3.74. The molecule has 0 aromatic heterocycles. The van der Waals surface area contributed by atoms with E-state index < -0.39 is 27.3 Å². The Balaban J connectivity index is 2.46. The summed E-state index contributed by atoms with van der Waals surface area (Å²) in [6, 6.07) is 5.27. The third kappa shape index (κ3) is 5.62. The van der Waals surface area contributed by atoms with E-state index in [1.54, 1.807) is 13.0 Å². The molecule has 0 aliphatic heterocycles. The molecule has 12 nitrogen and oxygen atoms in total. The second-order valence-electron chi connectivity index (χ2n) is 5.27. The van der Waals surface area contributed by atoms with E-state index in [2.05, 4.69) is 21.0 Å². The number of non-ortho nitro benzene ring substituents is 1. The van der Waals surface area contributed by atoms with Gasteiger partial charge in [-0.25, -0.2) is 10.2 Å². The molecule has 0 heterocycles. The molecule has 0 spiro atoms. The van der Waals surface area contributed by atoms with Crippen molar-refractivity contribution in [1.82, 2.24) is 5.43 Å². The molecule has 2 amide bonds. The number of nitrogens with two attached hydrogens (primary N) is 1. The third-order valence-electron chi connectivity index (χ3n) is 3.28. The number of hydrazone groups is 1. The smallest absolute Gasteiger partial charge is 0.332 e. The van der Waals surface area contributed by atoms with Gasteiger partial charge in [0.05, 0.1) is 33.2 Å². The number of carbonyl (C=O) groups is 1. The van der Waals surface area contributed by atoms with Gasteiger partial charge in [-0.15, -0.1) is 0 Å². The van der Waals surface area contributed by atoms with Crippen molar-refractivity contribution in [2.75, 3.05) is 6.61 Å². The fourth-order valence-corrected chi connectivity index (χ4v) is 2.69. The van der Waals surface area contributed by atoms with Gasteiger partial charge in [-0.2, -0.15) is 5.10 Å². The molecule has 0 bridgehead atoms. The Bertz CT molecular complexity index is 996. The highest BCUT2D eigenvalue weighted by molar-refractivity contribution is 9.10. The second-order valence-corrected chi connectivity index (χ2v) is 6.12. The summed E-state index contributed by atoms with van der Waals surface area (Å²) in [6.45, 7) is 1.98. The lowest BCUT2D eigenvalue weighted by Gasteiger charge is -2.14. The Morgan fingerprint density at radius 1 is 1.24 bits per heavy atom. The molecular weight excluding hydrogens is 454 g/mol. The maximum Gasteiger partial charge on any atom is 0.332 e. The predicted octanol–water partition coefficient (Wildman–Crippen LogP) is 3.46. The van der Waals surface area contributed by atoms with E-state index in [0.29, 0.717) is 10.0 Å². The van der Waals surface area contributed by atoms with Crippen LogP contribution in [0.25, 0.3) is 0 Å². The van der Waals surface area contributed by atoms with E-state index in [4.69, 9.17) is 15.2 Å². The highest BCUT2D eigenvalue weighted by Crippen LogP contribution is 2.42. The molecule has 0 fully saturated rings. The molecule has 152 valence electrons. The van der Waals surface area contributed by atoms with Gasteiger partial charge >= 0.3 is 11.7 Å². The van der Waals surface area contributed by atoms with Crippen LogP contribution >= 0.6 is 15.9 Å². The van der Waals surface area contributed by atoms with Crippen LogP contribution in [-0.4, -0.2) is 28.7 Å². The molecule has 29 heavy (non-hydrogen) atoms. The fourth-order valence-electron chi connectivity index (χ4n) is 2.15. The fraction of sp³-hybridized carbons (Fsp3) is 0.125. The number of nitro benzene ring substituents is 2. The van der Waals surface area contributed by atoms with Crippen molar-refractivity contribution in [2.24, 2.45) is 10.8 Å². The number of amides is 2. The maximum absolute atomic E-state index is 11.3. The van der Waals surface area contributed by atoms with E-state index in [0.717, 1.165) is 18.2 Å². The summed E-state index contributed by atoms with van der Waals surface area (Å²) >= 11 is 3.29. The molecule has 0 unspecified atom stereocenters. The summed E-state index contributed by atoms with van der Waals surface area (Å²) in [4.78, 5) is 31.3. The number of hydrogen-bond acceptors (Lipinski definition) is 8. The number of nitrogens with zero attached hydrogens (tertiary/aromatic N) is 3. The van der Waals surface area contributed by atoms with E-state index >= 15 is 0 Å². The number of nitro groups is 2. The normalized spacial score (nSPS) is 10.6. The number of halogens is 1. The predicted molar refractivity (Wildman–Crippen MR) is 105 cm³/mol. The van der Waals surface area contributed by atoms with Gasteiger partial charge in [-0.3, -0.25) is 20.2 Å². The number of urea groups is 1. The third-order valence-corrected chi connectivity index (χ3v) is 3.87. The molecule has 0 aliphatic rings. The zero-order valence-corrected chi connectivity index (χ0v) is 16.4. The molecule has 0 aliphatic carbocycles. The SMILES string of the molecule is CCOc1cc(/C=N\NC(N)=O)cc(Br)c1Oc1ccc([N+](=O)[O-])cc1[N+](=O)[O-]. The molecule has 0 saturated carbocycles. The first-order chi connectivity index (χ1) is 13.7. The highest BCUT2D eigenvalue weighted by Gasteiger charge is 2.23.